The van der Waals surface area contributed by atoms with Crippen LogP contribution in [0.15, 0.2) is 19.7 Å². The van der Waals surface area contributed by atoms with Crippen LogP contribution in [0, 0.1) is 6.92 Å². The molecule has 0 spiro atoms. The van der Waals surface area contributed by atoms with E-state index < -0.39 is 0 Å². The van der Waals surface area contributed by atoms with Crippen LogP contribution < -0.4 is 0 Å². The molecule has 4 heterocycles. The molecule has 0 aliphatic heterocycles. The average molecular weight is 629 g/mol. The van der Waals surface area contributed by atoms with Crippen LogP contribution in [0.1, 0.15) is 82.2 Å². The predicted molar refractivity (Wildman–Crippen MR) is 156 cm³/mol. The summed E-state index contributed by atoms with van der Waals surface area (Å²) in [7, 11) is 0. The molecule has 0 saturated heterocycles. The number of aryl methyl sites for hydroxylation is 3. The SMILES string of the molecule is CCCCCCc1cc(-c2sc(-c3cc(CCCCCC)c(Br)s3)c3[nH]c(C)nc23)sc1Br. The van der Waals surface area contributed by atoms with Crippen molar-refractivity contribution in [3.63, 3.8) is 0 Å². The van der Waals surface area contributed by atoms with E-state index in [0.29, 0.717) is 0 Å². The zero-order chi connectivity index (χ0) is 23.4. The molecule has 0 unspecified atom stereocenters. The Bertz CT molecular complexity index is 1110. The summed E-state index contributed by atoms with van der Waals surface area (Å²) in [5.41, 5.74) is 5.19. The van der Waals surface area contributed by atoms with E-state index in [1.807, 2.05) is 34.0 Å². The van der Waals surface area contributed by atoms with Crippen LogP contribution in [-0.4, -0.2) is 9.97 Å². The highest BCUT2D eigenvalue weighted by atomic mass is 79.9. The molecule has 0 aromatic carbocycles. The number of halogens is 2. The highest BCUT2D eigenvalue weighted by Gasteiger charge is 2.22. The molecule has 4 rings (SSSR count). The third-order valence-corrected chi connectivity index (χ3v) is 11.5. The Morgan fingerprint density at radius 2 is 1.30 bits per heavy atom. The first-order valence-electron chi connectivity index (χ1n) is 12.1. The van der Waals surface area contributed by atoms with Crippen LogP contribution in [-0.2, 0) is 12.8 Å². The first-order valence-corrected chi connectivity index (χ1v) is 16.1. The quantitative estimate of drug-likeness (QED) is 0.155. The van der Waals surface area contributed by atoms with Crippen molar-refractivity contribution in [1.82, 2.24) is 9.97 Å². The van der Waals surface area contributed by atoms with E-state index in [-0.39, 0.29) is 0 Å². The van der Waals surface area contributed by atoms with Crippen molar-refractivity contribution in [2.75, 3.05) is 0 Å². The van der Waals surface area contributed by atoms with E-state index >= 15 is 0 Å². The van der Waals surface area contributed by atoms with Crippen molar-refractivity contribution in [1.29, 1.82) is 0 Å². The Kier molecular flexibility index (Phi) is 9.30. The Hall–Kier alpha value is -0.470. The first-order chi connectivity index (χ1) is 16.0. The maximum Gasteiger partial charge on any atom is 0.109 e. The van der Waals surface area contributed by atoms with Gasteiger partial charge in [-0.2, -0.15) is 0 Å². The highest BCUT2D eigenvalue weighted by molar-refractivity contribution is 9.11. The lowest BCUT2D eigenvalue weighted by molar-refractivity contribution is 0.667. The van der Waals surface area contributed by atoms with E-state index in [4.69, 9.17) is 4.98 Å². The van der Waals surface area contributed by atoms with Crippen molar-refractivity contribution in [3.05, 3.63) is 36.7 Å². The molecule has 7 heteroatoms. The van der Waals surface area contributed by atoms with Gasteiger partial charge in [-0.15, -0.1) is 34.0 Å². The van der Waals surface area contributed by atoms with Gasteiger partial charge >= 0.3 is 0 Å². The van der Waals surface area contributed by atoms with Crippen LogP contribution >= 0.6 is 65.9 Å². The molecule has 0 saturated carbocycles. The van der Waals surface area contributed by atoms with Crippen LogP contribution in [0.4, 0.5) is 0 Å². The molecular formula is C26H32Br2N2S3. The number of H-pyrrole nitrogens is 1. The Balaban J connectivity index is 1.63. The second-order valence-electron chi connectivity index (χ2n) is 8.75. The van der Waals surface area contributed by atoms with Gasteiger partial charge in [0.15, 0.2) is 0 Å². The van der Waals surface area contributed by atoms with E-state index in [0.717, 1.165) is 24.2 Å². The molecule has 2 nitrogen and oxygen atoms in total. The van der Waals surface area contributed by atoms with E-state index in [1.165, 1.54) is 95.1 Å². The number of fused-ring (bicyclic) bond motifs is 1. The van der Waals surface area contributed by atoms with Crippen molar-refractivity contribution in [3.8, 4) is 19.5 Å². The Labute approximate surface area is 226 Å². The van der Waals surface area contributed by atoms with Crippen LogP contribution in [0.2, 0.25) is 0 Å². The predicted octanol–water partition coefficient (Wildman–Crippen LogP) is 11.2. The van der Waals surface area contributed by atoms with Crippen molar-refractivity contribution >= 4 is 76.9 Å². The second-order valence-corrected chi connectivity index (χ2v) is 14.5. The minimum Gasteiger partial charge on any atom is -0.341 e. The molecule has 0 bridgehead atoms. The maximum atomic E-state index is 4.90. The van der Waals surface area contributed by atoms with Crippen LogP contribution in [0.25, 0.3) is 30.5 Å². The van der Waals surface area contributed by atoms with Crippen molar-refractivity contribution < 1.29 is 0 Å². The summed E-state index contributed by atoms with van der Waals surface area (Å²) in [5.74, 6) is 0.987. The molecule has 0 atom stereocenters. The summed E-state index contributed by atoms with van der Waals surface area (Å²) < 4.78 is 2.55. The highest BCUT2D eigenvalue weighted by Crippen LogP contribution is 2.49. The summed E-state index contributed by atoms with van der Waals surface area (Å²) in [4.78, 5) is 13.7. The molecule has 1 N–H and O–H groups in total. The van der Waals surface area contributed by atoms with Gasteiger partial charge in [0.2, 0.25) is 0 Å². The lowest BCUT2D eigenvalue weighted by Gasteiger charge is -1.98. The largest absolute Gasteiger partial charge is 0.341 e. The molecule has 0 aliphatic rings. The number of hydrogen-bond acceptors (Lipinski definition) is 4. The zero-order valence-electron chi connectivity index (χ0n) is 19.7. The average Bonchev–Trinajstić information content (AvgIpc) is 3.52. The third-order valence-electron chi connectivity index (χ3n) is 6.03. The monoisotopic (exact) mass is 626 g/mol. The van der Waals surface area contributed by atoms with Gasteiger partial charge in [-0.05, 0) is 87.7 Å². The smallest absolute Gasteiger partial charge is 0.109 e. The van der Waals surface area contributed by atoms with Crippen LogP contribution in [0.5, 0.6) is 0 Å². The summed E-state index contributed by atoms with van der Waals surface area (Å²) in [5, 5.41) is 0. The third kappa shape index (κ3) is 6.03. The van der Waals surface area contributed by atoms with Gasteiger partial charge in [0.05, 0.1) is 22.8 Å². The molecule has 4 aromatic rings. The molecule has 0 radical (unpaired) electrons. The second kappa shape index (κ2) is 12.0. The van der Waals surface area contributed by atoms with E-state index in [9.17, 15) is 0 Å². The fraction of sp³-hybridized carbons (Fsp3) is 0.500. The van der Waals surface area contributed by atoms with E-state index in [2.05, 4.69) is 69.7 Å². The number of nitrogens with one attached hydrogen (secondary N) is 1. The Morgan fingerprint density at radius 3 is 1.85 bits per heavy atom. The number of imidazole rings is 1. The minimum absolute atomic E-state index is 0.987. The molecule has 4 aromatic heterocycles. The summed E-state index contributed by atoms with van der Waals surface area (Å²) in [6.45, 7) is 6.60. The first kappa shape index (κ1) is 25.6. The van der Waals surface area contributed by atoms with Gasteiger partial charge in [0, 0.05) is 9.75 Å². The molecule has 33 heavy (non-hydrogen) atoms. The van der Waals surface area contributed by atoms with Crippen molar-refractivity contribution in [2.24, 2.45) is 0 Å². The fourth-order valence-corrected chi connectivity index (χ4v) is 9.17. The summed E-state index contributed by atoms with van der Waals surface area (Å²) in [6, 6.07) is 4.79. The molecule has 0 fully saturated rings. The molecule has 0 aliphatic carbocycles. The minimum atomic E-state index is 0.987. The lowest BCUT2D eigenvalue weighted by atomic mass is 10.1. The summed E-state index contributed by atoms with van der Waals surface area (Å²) >= 11 is 13.3. The number of nitrogens with zero attached hydrogens (tertiary/aromatic N) is 1. The lowest BCUT2D eigenvalue weighted by Crippen LogP contribution is -1.83. The van der Waals surface area contributed by atoms with Gasteiger partial charge < -0.3 is 4.98 Å². The summed E-state index contributed by atoms with van der Waals surface area (Å²) in [6.07, 6.45) is 12.7. The van der Waals surface area contributed by atoms with E-state index in [1.54, 1.807) is 0 Å². The van der Waals surface area contributed by atoms with Gasteiger partial charge in [-0.3, -0.25) is 0 Å². The fourth-order valence-electron chi connectivity index (χ4n) is 4.22. The number of aromatic nitrogens is 2. The zero-order valence-corrected chi connectivity index (χ0v) is 25.3. The maximum absolute atomic E-state index is 4.90. The standard InChI is InChI=1S/C26H32Br2N2S3/c1-4-6-8-10-12-17-14-19(31-25(17)27)23-21-22(30-16(3)29-21)24(33-23)20-15-18(26(28)32-20)13-11-9-7-5-2/h14-15H,4-13H2,1-3H3,(H,29,30). The Morgan fingerprint density at radius 1 is 0.758 bits per heavy atom. The molecule has 0 amide bonds. The number of thiophene rings is 3. The molecular weight excluding hydrogens is 596 g/mol. The van der Waals surface area contributed by atoms with Gasteiger partial charge in [-0.1, -0.05) is 52.4 Å². The number of aromatic amines is 1. The number of hydrogen-bond donors (Lipinski definition) is 1. The normalized spacial score (nSPS) is 11.8. The van der Waals surface area contributed by atoms with Gasteiger partial charge in [0.25, 0.3) is 0 Å². The topological polar surface area (TPSA) is 28.7 Å². The van der Waals surface area contributed by atoms with Crippen molar-refractivity contribution in [2.45, 2.75) is 85.0 Å². The number of rotatable bonds is 12. The number of unbranched alkanes of at least 4 members (excludes halogenated alkanes) is 6. The van der Waals surface area contributed by atoms with Crippen LogP contribution in [0.3, 0.4) is 0 Å². The van der Waals surface area contributed by atoms with Gasteiger partial charge in [0.1, 0.15) is 11.3 Å². The molecule has 178 valence electrons. The van der Waals surface area contributed by atoms with Gasteiger partial charge in [-0.25, -0.2) is 4.98 Å².